The third-order valence-electron chi connectivity index (χ3n) is 6.62. The molecule has 0 bridgehead atoms. The van der Waals surface area contributed by atoms with Crippen LogP contribution in [0.2, 0.25) is 0 Å². The van der Waals surface area contributed by atoms with Gasteiger partial charge in [0.15, 0.2) is 5.69 Å². The minimum atomic E-state index is -1.05. The van der Waals surface area contributed by atoms with Crippen molar-refractivity contribution in [2.45, 2.75) is 38.8 Å². The van der Waals surface area contributed by atoms with Crippen molar-refractivity contribution in [2.75, 3.05) is 42.8 Å². The zero-order valence-electron chi connectivity index (χ0n) is 22.6. The summed E-state index contributed by atoms with van der Waals surface area (Å²) in [5.41, 5.74) is 15.2. The van der Waals surface area contributed by atoms with E-state index in [0.29, 0.717) is 24.4 Å². The number of hydrogen-bond acceptors (Lipinski definition) is 8. The van der Waals surface area contributed by atoms with Gasteiger partial charge in [-0.15, -0.1) is 0 Å². The first-order valence-electron chi connectivity index (χ1n) is 12.7. The van der Waals surface area contributed by atoms with Crippen molar-refractivity contribution in [3.63, 3.8) is 0 Å². The SMILES string of the molecule is Cc1cc(C)cc(N(C(=O)c2snc(C(N)=O)c2N)[C@H](C(=O)NC[C@@H]2CCCO2)c2ccc(N(C)C)cc2)c1. The molecule has 1 aliphatic rings. The second kappa shape index (κ2) is 11.8. The number of nitrogen functional groups attached to an aromatic ring is 1. The summed E-state index contributed by atoms with van der Waals surface area (Å²) < 4.78 is 9.71. The Balaban J connectivity index is 1.85. The fraction of sp³-hybridized carbons (Fsp3) is 0.357. The van der Waals surface area contributed by atoms with Crippen molar-refractivity contribution >= 4 is 46.3 Å². The summed E-state index contributed by atoms with van der Waals surface area (Å²) in [6, 6.07) is 12.1. The number of nitrogens with two attached hydrogens (primary N) is 2. The third-order valence-corrected chi connectivity index (χ3v) is 7.47. The molecule has 11 heteroatoms. The lowest BCUT2D eigenvalue weighted by Gasteiger charge is -2.32. The molecule has 5 N–H and O–H groups in total. The molecule has 0 unspecified atom stereocenters. The van der Waals surface area contributed by atoms with Gasteiger partial charge in [0, 0.05) is 38.6 Å². The molecule has 4 rings (SSSR count). The van der Waals surface area contributed by atoms with Gasteiger partial charge in [0.2, 0.25) is 5.91 Å². The summed E-state index contributed by atoms with van der Waals surface area (Å²) >= 11 is 0.783. The molecule has 3 aromatic rings. The van der Waals surface area contributed by atoms with E-state index in [2.05, 4.69) is 9.69 Å². The zero-order valence-corrected chi connectivity index (χ0v) is 23.4. The zero-order chi connectivity index (χ0) is 28.3. The highest BCUT2D eigenvalue weighted by Crippen LogP contribution is 2.34. The van der Waals surface area contributed by atoms with Crippen LogP contribution in [-0.2, 0) is 9.53 Å². The number of aryl methyl sites for hydroxylation is 2. The first kappa shape index (κ1) is 28.1. The lowest BCUT2D eigenvalue weighted by atomic mass is 10.0. The molecule has 39 heavy (non-hydrogen) atoms. The number of carbonyl (C=O) groups excluding carboxylic acids is 3. The van der Waals surface area contributed by atoms with Gasteiger partial charge in [-0.25, -0.2) is 0 Å². The topological polar surface area (TPSA) is 144 Å². The van der Waals surface area contributed by atoms with Crippen LogP contribution in [0.5, 0.6) is 0 Å². The van der Waals surface area contributed by atoms with E-state index in [-0.39, 0.29) is 28.3 Å². The number of hydrogen-bond donors (Lipinski definition) is 3. The molecule has 206 valence electrons. The normalized spacial score (nSPS) is 15.5. The van der Waals surface area contributed by atoms with Crippen LogP contribution in [0.1, 0.15) is 55.7 Å². The molecule has 2 heterocycles. The van der Waals surface area contributed by atoms with Crippen molar-refractivity contribution in [3.05, 3.63) is 69.7 Å². The highest BCUT2D eigenvalue weighted by molar-refractivity contribution is 7.09. The first-order chi connectivity index (χ1) is 18.6. The van der Waals surface area contributed by atoms with Crippen molar-refractivity contribution in [1.29, 1.82) is 0 Å². The number of rotatable bonds is 9. The highest BCUT2D eigenvalue weighted by Gasteiger charge is 2.36. The number of primary amides is 1. The van der Waals surface area contributed by atoms with Gasteiger partial charge in [-0.1, -0.05) is 18.2 Å². The molecular formula is C28H34N6O4S. The number of nitrogens with zero attached hydrogens (tertiary/aromatic N) is 3. The Bertz CT molecular complexity index is 1340. The van der Waals surface area contributed by atoms with Crippen LogP contribution in [0.25, 0.3) is 0 Å². The number of ether oxygens (including phenoxy) is 1. The van der Waals surface area contributed by atoms with Crippen molar-refractivity contribution in [2.24, 2.45) is 5.73 Å². The first-order valence-corrected chi connectivity index (χ1v) is 13.5. The largest absolute Gasteiger partial charge is 0.395 e. The number of aromatic nitrogens is 1. The van der Waals surface area contributed by atoms with Gasteiger partial charge in [0.05, 0.1) is 11.8 Å². The molecule has 3 amide bonds. The van der Waals surface area contributed by atoms with Crippen LogP contribution in [-0.4, -0.2) is 55.4 Å². The quantitative estimate of drug-likeness (QED) is 0.371. The second-order valence-electron chi connectivity index (χ2n) is 9.93. The molecule has 0 spiro atoms. The predicted molar refractivity (Wildman–Crippen MR) is 153 cm³/mol. The minimum Gasteiger partial charge on any atom is -0.395 e. The average Bonchev–Trinajstić information content (AvgIpc) is 3.54. The second-order valence-corrected chi connectivity index (χ2v) is 10.7. The van der Waals surface area contributed by atoms with E-state index in [4.69, 9.17) is 16.2 Å². The van der Waals surface area contributed by atoms with Gasteiger partial charge in [-0.3, -0.25) is 19.3 Å². The van der Waals surface area contributed by atoms with Crippen LogP contribution >= 0.6 is 11.5 Å². The lowest BCUT2D eigenvalue weighted by Crippen LogP contribution is -2.45. The average molecular weight is 551 g/mol. The number of carbonyl (C=O) groups is 3. The van der Waals surface area contributed by atoms with E-state index in [0.717, 1.165) is 41.2 Å². The summed E-state index contributed by atoms with van der Waals surface area (Å²) in [7, 11) is 3.85. The molecule has 2 atom stereocenters. The standard InChI is InChI=1S/C28H34N6O4S/c1-16-12-17(2)14-20(13-16)34(28(37)25-22(29)23(26(30)35)32-39-25)24(18-7-9-19(10-8-18)33(3)4)27(36)31-15-21-6-5-11-38-21/h7-10,12-14,21,24H,5-6,11,15,29H2,1-4H3,(H2,30,35)(H,31,36)/t21-,24-/m0/s1. The summed E-state index contributed by atoms with van der Waals surface area (Å²) in [5.74, 6) is -1.75. The van der Waals surface area contributed by atoms with Crippen molar-refractivity contribution in [1.82, 2.24) is 9.69 Å². The Kier molecular flexibility index (Phi) is 8.51. The molecule has 1 saturated heterocycles. The predicted octanol–water partition coefficient (Wildman–Crippen LogP) is 3.19. The fourth-order valence-electron chi connectivity index (χ4n) is 4.70. The number of nitrogens with one attached hydrogen (secondary N) is 1. The maximum absolute atomic E-state index is 14.2. The Labute approximate surface area is 232 Å². The van der Waals surface area contributed by atoms with Crippen LogP contribution < -0.4 is 26.6 Å². The minimum absolute atomic E-state index is 0.0322. The van der Waals surface area contributed by atoms with Gasteiger partial charge in [0.25, 0.3) is 11.8 Å². The number of anilines is 3. The van der Waals surface area contributed by atoms with Gasteiger partial charge in [-0.05, 0) is 79.2 Å². The number of benzene rings is 2. The van der Waals surface area contributed by atoms with Crippen LogP contribution in [0, 0.1) is 13.8 Å². The lowest BCUT2D eigenvalue weighted by molar-refractivity contribution is -0.123. The maximum atomic E-state index is 14.2. The Morgan fingerprint density at radius 3 is 2.31 bits per heavy atom. The molecule has 2 aromatic carbocycles. The Morgan fingerprint density at radius 2 is 1.77 bits per heavy atom. The van der Waals surface area contributed by atoms with Crippen molar-refractivity contribution in [3.8, 4) is 0 Å². The molecule has 1 aromatic heterocycles. The Hall–Kier alpha value is -3.96. The monoisotopic (exact) mass is 550 g/mol. The maximum Gasteiger partial charge on any atom is 0.273 e. The summed E-state index contributed by atoms with van der Waals surface area (Å²) in [6.45, 7) is 4.83. The molecule has 1 fully saturated rings. The molecule has 0 aliphatic carbocycles. The fourth-order valence-corrected chi connectivity index (χ4v) is 5.44. The van der Waals surface area contributed by atoms with E-state index in [1.54, 1.807) is 0 Å². The van der Waals surface area contributed by atoms with E-state index in [9.17, 15) is 14.4 Å². The summed E-state index contributed by atoms with van der Waals surface area (Å²) in [6.07, 6.45) is 1.72. The summed E-state index contributed by atoms with van der Waals surface area (Å²) in [4.78, 5) is 43.4. The highest BCUT2D eigenvalue weighted by atomic mass is 32.1. The van der Waals surface area contributed by atoms with Crippen LogP contribution in [0.4, 0.5) is 17.1 Å². The van der Waals surface area contributed by atoms with E-state index >= 15 is 0 Å². The molecule has 1 aliphatic heterocycles. The van der Waals surface area contributed by atoms with E-state index in [1.807, 2.05) is 75.3 Å². The van der Waals surface area contributed by atoms with Crippen LogP contribution in [0.3, 0.4) is 0 Å². The van der Waals surface area contributed by atoms with Gasteiger partial charge < -0.3 is 26.4 Å². The molecule has 0 radical (unpaired) electrons. The molecule has 0 saturated carbocycles. The smallest absolute Gasteiger partial charge is 0.273 e. The van der Waals surface area contributed by atoms with Crippen LogP contribution in [0.15, 0.2) is 42.5 Å². The van der Waals surface area contributed by atoms with E-state index < -0.39 is 17.9 Å². The third kappa shape index (κ3) is 6.21. The number of amides is 3. The Morgan fingerprint density at radius 1 is 1.10 bits per heavy atom. The van der Waals surface area contributed by atoms with E-state index in [1.165, 1.54) is 4.90 Å². The summed E-state index contributed by atoms with van der Waals surface area (Å²) in [5, 5.41) is 3.00. The van der Waals surface area contributed by atoms with Gasteiger partial charge in [-0.2, -0.15) is 4.37 Å². The molecule has 10 nitrogen and oxygen atoms in total. The van der Waals surface area contributed by atoms with Gasteiger partial charge >= 0.3 is 0 Å². The van der Waals surface area contributed by atoms with Crippen molar-refractivity contribution < 1.29 is 19.1 Å². The van der Waals surface area contributed by atoms with Gasteiger partial charge in [0.1, 0.15) is 10.9 Å². The molecular weight excluding hydrogens is 516 g/mol.